The molecule has 1 aliphatic rings. The third-order valence-electron chi connectivity index (χ3n) is 3.82. The number of nitrogens with one attached hydrogen (secondary N) is 1. The Bertz CT molecular complexity index is 722. The molecule has 1 aromatic heterocycles. The van der Waals surface area contributed by atoms with Gasteiger partial charge in [-0.25, -0.2) is 0 Å². The van der Waals surface area contributed by atoms with Crippen molar-refractivity contribution >= 4 is 22.5 Å². The normalized spacial score (nSPS) is 16.4. The molecule has 0 radical (unpaired) electrons. The number of H-pyrrole nitrogens is 1. The molecule has 3 rings (SSSR count). The number of rotatable bonds is 2. The molecule has 1 saturated heterocycles. The van der Waals surface area contributed by atoms with Gasteiger partial charge in [0.25, 0.3) is 5.91 Å². The van der Waals surface area contributed by atoms with Gasteiger partial charge in [-0.3, -0.25) is 4.79 Å². The van der Waals surface area contributed by atoms with Crippen molar-refractivity contribution in [2.45, 2.75) is 6.92 Å². The van der Waals surface area contributed by atoms with Crippen LogP contribution in [-0.2, 0) is 9.53 Å². The lowest BCUT2D eigenvalue weighted by atomic mass is 9.86. The topological polar surface area (TPSA) is 69.1 Å². The number of nitriles is 1. The minimum absolute atomic E-state index is 0.175. The van der Waals surface area contributed by atoms with E-state index in [9.17, 15) is 10.1 Å². The van der Waals surface area contributed by atoms with E-state index in [0.717, 1.165) is 22.3 Å². The standard InChI is InChI=1S/C15H15N3O2/c1-10-13(11-5-3-4-6-12(11)17-10)18(2)14(19)15(7-16)8-20-9-15/h3-6,17H,8-9H2,1-2H3. The van der Waals surface area contributed by atoms with Crippen molar-refractivity contribution in [1.82, 2.24) is 4.98 Å². The van der Waals surface area contributed by atoms with Crippen molar-refractivity contribution in [3.8, 4) is 6.07 Å². The third-order valence-corrected chi connectivity index (χ3v) is 3.82. The number of aromatic amines is 1. The number of hydrogen-bond acceptors (Lipinski definition) is 3. The van der Waals surface area contributed by atoms with Crippen LogP contribution in [0.5, 0.6) is 0 Å². The number of anilines is 1. The number of carbonyl (C=O) groups is 1. The molecule has 0 saturated carbocycles. The van der Waals surface area contributed by atoms with Crippen molar-refractivity contribution in [3.63, 3.8) is 0 Å². The first-order valence-electron chi connectivity index (χ1n) is 6.43. The molecule has 102 valence electrons. The average Bonchev–Trinajstić information content (AvgIpc) is 2.73. The summed E-state index contributed by atoms with van der Waals surface area (Å²) in [5.74, 6) is -0.209. The maximum atomic E-state index is 12.6. The Morgan fingerprint density at radius 2 is 2.15 bits per heavy atom. The van der Waals surface area contributed by atoms with Crippen molar-refractivity contribution in [1.29, 1.82) is 5.26 Å². The van der Waals surface area contributed by atoms with Gasteiger partial charge >= 0.3 is 0 Å². The SMILES string of the molecule is Cc1[nH]c2ccccc2c1N(C)C(=O)C1(C#N)COC1. The molecule has 2 aromatic rings. The zero-order valence-corrected chi connectivity index (χ0v) is 11.4. The van der Waals surface area contributed by atoms with Gasteiger partial charge in [-0.15, -0.1) is 0 Å². The lowest BCUT2D eigenvalue weighted by Crippen LogP contribution is -2.53. The number of aryl methyl sites for hydroxylation is 1. The number of hydrogen-bond donors (Lipinski definition) is 1. The molecule has 2 heterocycles. The predicted molar refractivity (Wildman–Crippen MR) is 75.3 cm³/mol. The van der Waals surface area contributed by atoms with Crippen LogP contribution in [0.3, 0.4) is 0 Å². The zero-order valence-electron chi connectivity index (χ0n) is 11.4. The summed E-state index contributed by atoms with van der Waals surface area (Å²) in [5.41, 5.74) is 1.69. The molecule has 1 aromatic carbocycles. The van der Waals surface area contributed by atoms with Crippen molar-refractivity contribution in [2.24, 2.45) is 5.41 Å². The van der Waals surface area contributed by atoms with E-state index in [4.69, 9.17) is 4.74 Å². The molecule has 5 nitrogen and oxygen atoms in total. The van der Waals surface area contributed by atoms with Crippen LogP contribution in [0.25, 0.3) is 10.9 Å². The highest BCUT2D eigenvalue weighted by Crippen LogP contribution is 2.35. The van der Waals surface area contributed by atoms with Crippen LogP contribution in [-0.4, -0.2) is 31.2 Å². The number of ether oxygens (including phenoxy) is 1. The second-order valence-electron chi connectivity index (χ2n) is 5.20. The first-order valence-corrected chi connectivity index (χ1v) is 6.43. The van der Waals surface area contributed by atoms with Gasteiger partial charge in [0.1, 0.15) is 0 Å². The largest absolute Gasteiger partial charge is 0.377 e. The zero-order chi connectivity index (χ0) is 14.3. The van der Waals surface area contributed by atoms with Gasteiger partial charge in [-0.05, 0) is 13.0 Å². The number of aromatic nitrogens is 1. The smallest absolute Gasteiger partial charge is 0.252 e. The summed E-state index contributed by atoms with van der Waals surface area (Å²) in [5, 5.41) is 10.2. The number of carbonyl (C=O) groups excluding carboxylic acids is 1. The summed E-state index contributed by atoms with van der Waals surface area (Å²) in [6.45, 7) is 2.28. The van der Waals surface area contributed by atoms with E-state index in [2.05, 4.69) is 11.1 Å². The Labute approximate surface area is 116 Å². The maximum Gasteiger partial charge on any atom is 0.252 e. The van der Waals surface area contributed by atoms with E-state index in [1.54, 1.807) is 11.9 Å². The quantitative estimate of drug-likeness (QED) is 0.906. The van der Waals surface area contributed by atoms with E-state index in [-0.39, 0.29) is 19.1 Å². The van der Waals surface area contributed by atoms with Crippen LogP contribution in [0.2, 0.25) is 0 Å². The van der Waals surface area contributed by atoms with Gasteiger partial charge in [-0.1, -0.05) is 18.2 Å². The molecule has 1 fully saturated rings. The molecule has 0 bridgehead atoms. The maximum absolute atomic E-state index is 12.6. The van der Waals surface area contributed by atoms with Crippen molar-refractivity contribution in [3.05, 3.63) is 30.0 Å². The van der Waals surface area contributed by atoms with Crippen LogP contribution in [0.15, 0.2) is 24.3 Å². The van der Waals surface area contributed by atoms with Gasteiger partial charge in [0.15, 0.2) is 5.41 Å². The van der Waals surface area contributed by atoms with Crippen LogP contribution in [0.4, 0.5) is 5.69 Å². The Hall–Kier alpha value is -2.32. The highest BCUT2D eigenvalue weighted by molar-refractivity contribution is 6.07. The predicted octanol–water partition coefficient (Wildman–Crippen LogP) is 1.98. The van der Waals surface area contributed by atoms with Gasteiger partial charge in [0.2, 0.25) is 0 Å². The fraction of sp³-hybridized carbons (Fsp3) is 0.333. The fourth-order valence-corrected chi connectivity index (χ4v) is 2.66. The highest BCUT2D eigenvalue weighted by atomic mass is 16.5. The van der Waals surface area contributed by atoms with Crippen LogP contribution in [0.1, 0.15) is 5.69 Å². The van der Waals surface area contributed by atoms with Crippen molar-refractivity contribution in [2.75, 3.05) is 25.2 Å². The molecule has 5 heteroatoms. The number of benzene rings is 1. The second-order valence-corrected chi connectivity index (χ2v) is 5.20. The Balaban J connectivity index is 2.05. The summed E-state index contributed by atoms with van der Waals surface area (Å²) in [7, 11) is 1.71. The number of para-hydroxylation sites is 1. The Kier molecular flexibility index (Phi) is 2.77. The summed E-state index contributed by atoms with van der Waals surface area (Å²) >= 11 is 0. The lowest BCUT2D eigenvalue weighted by Gasteiger charge is -2.36. The number of amides is 1. The van der Waals surface area contributed by atoms with Crippen LogP contribution >= 0.6 is 0 Å². The van der Waals surface area contributed by atoms with E-state index >= 15 is 0 Å². The molecule has 1 aliphatic heterocycles. The molecule has 20 heavy (non-hydrogen) atoms. The van der Waals surface area contributed by atoms with Gasteiger partial charge in [0.05, 0.1) is 25.0 Å². The van der Waals surface area contributed by atoms with E-state index in [1.807, 2.05) is 31.2 Å². The fourth-order valence-electron chi connectivity index (χ4n) is 2.66. The van der Waals surface area contributed by atoms with E-state index in [1.165, 1.54) is 0 Å². The Morgan fingerprint density at radius 3 is 2.75 bits per heavy atom. The molecule has 0 aliphatic carbocycles. The van der Waals surface area contributed by atoms with Crippen LogP contribution in [0, 0.1) is 23.7 Å². The summed E-state index contributed by atoms with van der Waals surface area (Å²) in [4.78, 5) is 17.4. The number of fused-ring (bicyclic) bond motifs is 1. The molecule has 1 amide bonds. The van der Waals surface area contributed by atoms with E-state index < -0.39 is 5.41 Å². The monoisotopic (exact) mass is 269 g/mol. The lowest BCUT2D eigenvalue weighted by molar-refractivity contribution is -0.146. The minimum atomic E-state index is -1.03. The second kappa shape index (κ2) is 4.36. The van der Waals surface area contributed by atoms with Gasteiger partial charge in [0, 0.05) is 23.6 Å². The average molecular weight is 269 g/mol. The van der Waals surface area contributed by atoms with Crippen molar-refractivity contribution < 1.29 is 9.53 Å². The molecular weight excluding hydrogens is 254 g/mol. The summed E-state index contributed by atoms with van der Waals surface area (Å²) in [6, 6.07) is 9.91. The molecule has 0 atom stereocenters. The molecule has 0 spiro atoms. The molecular formula is C15H15N3O2. The summed E-state index contributed by atoms with van der Waals surface area (Å²) < 4.78 is 5.06. The number of nitrogens with zero attached hydrogens (tertiary/aromatic N) is 2. The first kappa shape index (κ1) is 12.7. The Morgan fingerprint density at radius 1 is 1.45 bits per heavy atom. The van der Waals surface area contributed by atoms with Gasteiger partial charge in [-0.2, -0.15) is 5.26 Å². The van der Waals surface area contributed by atoms with E-state index in [0.29, 0.717) is 0 Å². The summed E-state index contributed by atoms with van der Waals surface area (Å²) in [6.07, 6.45) is 0. The highest BCUT2D eigenvalue weighted by Gasteiger charge is 2.48. The molecule has 1 N–H and O–H groups in total. The van der Waals surface area contributed by atoms with Crippen LogP contribution < -0.4 is 4.90 Å². The third kappa shape index (κ3) is 1.62. The van der Waals surface area contributed by atoms with Gasteiger partial charge < -0.3 is 14.6 Å². The molecule has 0 unspecified atom stereocenters. The minimum Gasteiger partial charge on any atom is -0.377 e. The first-order chi connectivity index (χ1) is 9.59.